The third kappa shape index (κ3) is 2.88. The molecule has 0 saturated heterocycles. The first-order valence-electron chi connectivity index (χ1n) is 6.73. The fourth-order valence-corrected chi connectivity index (χ4v) is 2.39. The number of nitrogens with zero attached hydrogens (tertiary/aromatic N) is 1. The van der Waals surface area contributed by atoms with E-state index in [4.69, 9.17) is 0 Å². The van der Waals surface area contributed by atoms with Crippen molar-refractivity contribution in [3.05, 3.63) is 42.1 Å². The van der Waals surface area contributed by atoms with Crippen molar-refractivity contribution in [1.29, 1.82) is 0 Å². The molecule has 1 unspecified atom stereocenters. The van der Waals surface area contributed by atoms with Gasteiger partial charge in [0, 0.05) is 17.6 Å². The molecule has 0 fully saturated rings. The Kier molecular flexibility index (Phi) is 4.32. The lowest BCUT2D eigenvalue weighted by atomic mass is 9.95. The van der Waals surface area contributed by atoms with E-state index in [1.807, 2.05) is 19.3 Å². The molecule has 0 aliphatic carbocycles. The molecule has 18 heavy (non-hydrogen) atoms. The van der Waals surface area contributed by atoms with Crippen molar-refractivity contribution in [1.82, 2.24) is 10.3 Å². The minimum Gasteiger partial charge on any atom is -0.313 e. The van der Waals surface area contributed by atoms with Gasteiger partial charge < -0.3 is 5.32 Å². The topological polar surface area (TPSA) is 24.9 Å². The number of nitrogens with one attached hydrogen (secondary N) is 1. The van der Waals surface area contributed by atoms with Crippen LogP contribution in [-0.4, -0.2) is 12.0 Å². The summed E-state index contributed by atoms with van der Waals surface area (Å²) in [6.07, 6.45) is 4.26. The lowest BCUT2D eigenvalue weighted by Gasteiger charge is -2.19. The van der Waals surface area contributed by atoms with Gasteiger partial charge in [-0.1, -0.05) is 32.0 Å². The molecule has 0 spiro atoms. The van der Waals surface area contributed by atoms with Crippen LogP contribution in [0.1, 0.15) is 38.3 Å². The van der Waals surface area contributed by atoms with Crippen molar-refractivity contribution in [2.75, 3.05) is 7.05 Å². The van der Waals surface area contributed by atoms with E-state index in [0.717, 1.165) is 11.4 Å². The molecule has 0 radical (unpaired) electrons. The Hall–Kier alpha value is -1.41. The monoisotopic (exact) mass is 242 g/mol. The summed E-state index contributed by atoms with van der Waals surface area (Å²) in [5, 5.41) is 4.70. The van der Waals surface area contributed by atoms with Gasteiger partial charge in [0.15, 0.2) is 0 Å². The molecule has 0 bridgehead atoms. The van der Waals surface area contributed by atoms with Gasteiger partial charge in [-0.15, -0.1) is 0 Å². The van der Waals surface area contributed by atoms with E-state index in [1.165, 1.54) is 23.8 Å². The Labute approximate surface area is 109 Å². The second-order valence-electron chi connectivity index (χ2n) is 5.23. The Morgan fingerprint density at radius 1 is 1.11 bits per heavy atom. The maximum Gasteiger partial charge on any atom is 0.0705 e. The normalized spacial score (nSPS) is 13.1. The van der Waals surface area contributed by atoms with Crippen molar-refractivity contribution in [3.63, 3.8) is 0 Å². The predicted octanol–water partition coefficient (Wildman–Crippen LogP) is 3.93. The molecule has 96 valence electrons. The first kappa shape index (κ1) is 13.0. The highest BCUT2D eigenvalue weighted by atomic mass is 14.9. The maximum absolute atomic E-state index is 4.43. The first-order valence-corrected chi connectivity index (χ1v) is 6.73. The van der Waals surface area contributed by atoms with Gasteiger partial charge in [-0.3, -0.25) is 4.98 Å². The molecule has 2 heteroatoms. The van der Waals surface area contributed by atoms with Crippen molar-refractivity contribution < 1.29 is 0 Å². The van der Waals surface area contributed by atoms with Crippen LogP contribution < -0.4 is 5.32 Å². The number of fused-ring (bicyclic) bond motifs is 1. The minimum absolute atomic E-state index is 0.417. The third-order valence-corrected chi connectivity index (χ3v) is 3.44. The molecule has 1 N–H and O–H groups in total. The first-order chi connectivity index (χ1) is 8.72. The van der Waals surface area contributed by atoms with Crippen molar-refractivity contribution in [2.24, 2.45) is 5.92 Å². The molecule has 2 nitrogen and oxygen atoms in total. The largest absolute Gasteiger partial charge is 0.313 e. The second kappa shape index (κ2) is 5.96. The van der Waals surface area contributed by atoms with Gasteiger partial charge in [0.1, 0.15) is 0 Å². The highest BCUT2D eigenvalue weighted by Crippen LogP contribution is 2.26. The van der Waals surface area contributed by atoms with Crippen molar-refractivity contribution in [3.8, 4) is 0 Å². The van der Waals surface area contributed by atoms with E-state index in [1.54, 1.807) is 0 Å². The van der Waals surface area contributed by atoms with Gasteiger partial charge in [0.25, 0.3) is 0 Å². The number of rotatable bonds is 5. The molecular formula is C16H22N2. The Morgan fingerprint density at radius 2 is 1.94 bits per heavy atom. The number of benzene rings is 1. The number of hydrogen-bond acceptors (Lipinski definition) is 2. The molecule has 2 rings (SSSR count). The van der Waals surface area contributed by atoms with Crippen LogP contribution >= 0.6 is 0 Å². The summed E-state index contributed by atoms with van der Waals surface area (Å²) in [6, 6.07) is 11.0. The fraction of sp³-hybridized carbons (Fsp3) is 0.438. The lowest BCUT2D eigenvalue weighted by Crippen LogP contribution is -2.17. The molecule has 1 aromatic heterocycles. The fourth-order valence-electron chi connectivity index (χ4n) is 2.39. The molecule has 0 aliphatic rings. The summed E-state index contributed by atoms with van der Waals surface area (Å²) >= 11 is 0. The zero-order valence-electron chi connectivity index (χ0n) is 11.5. The molecular weight excluding hydrogens is 220 g/mol. The molecule has 1 heterocycles. The average molecular weight is 242 g/mol. The quantitative estimate of drug-likeness (QED) is 0.859. The Bertz CT molecular complexity index is 500. The summed E-state index contributed by atoms with van der Waals surface area (Å²) in [6.45, 7) is 4.55. The SMILES string of the molecule is CNC(CCC(C)C)c1cccc2ncccc12. The van der Waals surface area contributed by atoms with Crippen LogP contribution in [0, 0.1) is 5.92 Å². The van der Waals surface area contributed by atoms with Crippen LogP contribution in [0.25, 0.3) is 10.9 Å². The van der Waals surface area contributed by atoms with E-state index in [0.29, 0.717) is 6.04 Å². The van der Waals surface area contributed by atoms with E-state index < -0.39 is 0 Å². The van der Waals surface area contributed by atoms with Crippen LogP contribution in [0.2, 0.25) is 0 Å². The van der Waals surface area contributed by atoms with E-state index in [9.17, 15) is 0 Å². The molecule has 0 saturated carbocycles. The standard InChI is InChI=1S/C16H22N2/c1-12(2)9-10-15(17-3)13-6-4-8-16-14(13)7-5-11-18-16/h4-8,11-12,15,17H,9-10H2,1-3H3. The van der Waals surface area contributed by atoms with Gasteiger partial charge in [-0.25, -0.2) is 0 Å². The van der Waals surface area contributed by atoms with Crippen LogP contribution in [0.15, 0.2) is 36.5 Å². The average Bonchev–Trinajstić information content (AvgIpc) is 2.39. The highest BCUT2D eigenvalue weighted by Gasteiger charge is 2.12. The molecule has 1 atom stereocenters. The van der Waals surface area contributed by atoms with E-state index in [-0.39, 0.29) is 0 Å². The highest BCUT2D eigenvalue weighted by molar-refractivity contribution is 5.82. The van der Waals surface area contributed by atoms with Crippen LogP contribution in [-0.2, 0) is 0 Å². The van der Waals surface area contributed by atoms with Gasteiger partial charge >= 0.3 is 0 Å². The predicted molar refractivity (Wildman–Crippen MR) is 77.6 cm³/mol. The summed E-state index contributed by atoms with van der Waals surface area (Å²) < 4.78 is 0. The summed E-state index contributed by atoms with van der Waals surface area (Å²) in [5.41, 5.74) is 2.45. The van der Waals surface area contributed by atoms with Gasteiger partial charge in [0.2, 0.25) is 0 Å². The van der Waals surface area contributed by atoms with Crippen molar-refractivity contribution in [2.45, 2.75) is 32.7 Å². The van der Waals surface area contributed by atoms with Crippen molar-refractivity contribution >= 4 is 10.9 Å². The van der Waals surface area contributed by atoms with Gasteiger partial charge in [-0.05, 0) is 43.5 Å². The molecule has 1 aromatic carbocycles. The van der Waals surface area contributed by atoms with E-state index in [2.05, 4.69) is 48.4 Å². The zero-order valence-corrected chi connectivity index (χ0v) is 11.5. The number of hydrogen-bond donors (Lipinski definition) is 1. The Balaban J connectivity index is 2.32. The minimum atomic E-state index is 0.417. The summed E-state index contributed by atoms with van der Waals surface area (Å²) in [4.78, 5) is 4.43. The van der Waals surface area contributed by atoms with Gasteiger partial charge in [0.05, 0.1) is 5.52 Å². The molecule has 0 aliphatic heterocycles. The van der Waals surface area contributed by atoms with Crippen LogP contribution in [0.4, 0.5) is 0 Å². The third-order valence-electron chi connectivity index (χ3n) is 3.44. The van der Waals surface area contributed by atoms with Gasteiger partial charge in [-0.2, -0.15) is 0 Å². The zero-order chi connectivity index (χ0) is 13.0. The summed E-state index contributed by atoms with van der Waals surface area (Å²) in [5.74, 6) is 0.744. The summed E-state index contributed by atoms with van der Waals surface area (Å²) in [7, 11) is 2.04. The smallest absolute Gasteiger partial charge is 0.0705 e. The number of pyridine rings is 1. The number of aromatic nitrogens is 1. The molecule has 0 amide bonds. The lowest BCUT2D eigenvalue weighted by molar-refractivity contribution is 0.467. The van der Waals surface area contributed by atoms with E-state index >= 15 is 0 Å². The van der Waals surface area contributed by atoms with Crippen LogP contribution in [0.3, 0.4) is 0 Å². The maximum atomic E-state index is 4.43. The second-order valence-corrected chi connectivity index (χ2v) is 5.23. The Morgan fingerprint density at radius 3 is 2.67 bits per heavy atom. The van der Waals surface area contributed by atoms with Crippen LogP contribution in [0.5, 0.6) is 0 Å². The molecule has 2 aromatic rings.